The Balaban J connectivity index is 1.44. The molecule has 2 aliphatic rings. The van der Waals surface area contributed by atoms with Crippen molar-refractivity contribution in [3.05, 3.63) is 65.2 Å². The van der Waals surface area contributed by atoms with Crippen LogP contribution in [0, 0.1) is 11.6 Å². The molecular weight excluding hydrogens is 376 g/mol. The maximum absolute atomic E-state index is 14.0. The number of halogens is 2. The van der Waals surface area contributed by atoms with E-state index in [1.807, 2.05) is 24.3 Å². The highest BCUT2D eigenvalue weighted by atomic mass is 19.1. The molecule has 2 aromatic rings. The number of nitrogens with one attached hydrogen (secondary N) is 2. The summed E-state index contributed by atoms with van der Waals surface area (Å²) in [4.78, 5) is 26.0. The smallest absolute Gasteiger partial charge is 0.245 e. The molecule has 0 saturated carbocycles. The number of nitrogens with zero attached hydrogens (tertiary/aromatic N) is 1. The van der Waals surface area contributed by atoms with Gasteiger partial charge in [-0.1, -0.05) is 18.2 Å². The molecule has 152 valence electrons. The monoisotopic (exact) mass is 399 g/mol. The van der Waals surface area contributed by atoms with Gasteiger partial charge in [-0.05, 0) is 43.0 Å². The normalized spacial score (nSPS) is 21.9. The summed E-state index contributed by atoms with van der Waals surface area (Å²) in [6, 6.07) is 10.8. The van der Waals surface area contributed by atoms with Crippen molar-refractivity contribution >= 4 is 17.5 Å². The van der Waals surface area contributed by atoms with Crippen molar-refractivity contribution < 1.29 is 18.4 Å². The summed E-state index contributed by atoms with van der Waals surface area (Å²) in [7, 11) is 0. The first-order chi connectivity index (χ1) is 14.0. The van der Waals surface area contributed by atoms with Crippen LogP contribution in [0.2, 0.25) is 0 Å². The lowest BCUT2D eigenvalue weighted by atomic mass is 10.0. The van der Waals surface area contributed by atoms with Crippen LogP contribution in [0.4, 0.5) is 14.5 Å². The lowest BCUT2D eigenvalue weighted by molar-refractivity contribution is -0.134. The van der Waals surface area contributed by atoms with Crippen LogP contribution in [0.3, 0.4) is 0 Å². The summed E-state index contributed by atoms with van der Waals surface area (Å²) in [5, 5.41) is 6.24. The van der Waals surface area contributed by atoms with Crippen molar-refractivity contribution in [1.29, 1.82) is 0 Å². The van der Waals surface area contributed by atoms with Crippen LogP contribution in [0.15, 0.2) is 42.5 Å². The first-order valence-electron chi connectivity index (χ1n) is 9.88. The maximum atomic E-state index is 14.0. The van der Waals surface area contributed by atoms with Gasteiger partial charge in [0.1, 0.15) is 17.7 Å². The second-order valence-corrected chi connectivity index (χ2v) is 7.62. The molecule has 5 nitrogen and oxygen atoms in total. The molecule has 7 heteroatoms. The second kappa shape index (κ2) is 8.19. The molecule has 2 heterocycles. The zero-order valence-corrected chi connectivity index (χ0v) is 16.0. The third-order valence-electron chi connectivity index (χ3n) is 5.53. The van der Waals surface area contributed by atoms with Gasteiger partial charge < -0.3 is 15.5 Å². The Kier molecular flexibility index (Phi) is 5.47. The summed E-state index contributed by atoms with van der Waals surface area (Å²) in [6.45, 7) is 0.666. The van der Waals surface area contributed by atoms with Crippen molar-refractivity contribution in [2.75, 3.05) is 11.9 Å². The summed E-state index contributed by atoms with van der Waals surface area (Å²) in [5.74, 6) is -1.31. The number of hydrogen-bond acceptors (Lipinski definition) is 3. The number of benzene rings is 2. The number of carbonyl (C=O) groups excluding carboxylic acids is 2. The number of amides is 2. The van der Waals surface area contributed by atoms with E-state index in [4.69, 9.17) is 0 Å². The molecule has 0 bridgehead atoms. The predicted molar refractivity (Wildman–Crippen MR) is 105 cm³/mol. The first-order valence-corrected chi connectivity index (χ1v) is 9.88. The largest absolute Gasteiger partial charge is 0.374 e. The molecule has 4 rings (SSSR count). The van der Waals surface area contributed by atoms with E-state index in [-0.39, 0.29) is 24.4 Å². The molecule has 0 aliphatic carbocycles. The maximum Gasteiger partial charge on any atom is 0.245 e. The zero-order valence-electron chi connectivity index (χ0n) is 16.0. The topological polar surface area (TPSA) is 61.4 Å². The van der Waals surface area contributed by atoms with Gasteiger partial charge in [0, 0.05) is 36.8 Å². The summed E-state index contributed by atoms with van der Waals surface area (Å²) >= 11 is 0. The molecule has 29 heavy (non-hydrogen) atoms. The quantitative estimate of drug-likeness (QED) is 0.809. The third-order valence-corrected chi connectivity index (χ3v) is 5.53. The number of anilines is 1. The number of hydrogen-bond donors (Lipinski definition) is 2. The minimum atomic E-state index is -0.640. The van der Waals surface area contributed by atoms with Crippen molar-refractivity contribution in [2.24, 2.45) is 0 Å². The number of piperidine rings is 1. The van der Waals surface area contributed by atoms with Crippen LogP contribution in [-0.4, -0.2) is 29.3 Å². The third kappa shape index (κ3) is 4.39. The highest BCUT2D eigenvalue weighted by Crippen LogP contribution is 2.27. The second-order valence-electron chi connectivity index (χ2n) is 7.62. The Labute approximate surface area is 168 Å². The molecule has 0 aromatic heterocycles. The van der Waals surface area contributed by atoms with Gasteiger partial charge in [-0.3, -0.25) is 9.59 Å². The number of carbonyl (C=O) groups is 2. The van der Waals surface area contributed by atoms with E-state index < -0.39 is 17.7 Å². The van der Waals surface area contributed by atoms with E-state index in [9.17, 15) is 18.4 Å². The van der Waals surface area contributed by atoms with Crippen molar-refractivity contribution in [2.45, 2.75) is 44.3 Å². The Morgan fingerprint density at radius 2 is 1.97 bits per heavy atom. The van der Waals surface area contributed by atoms with Crippen molar-refractivity contribution in [3.8, 4) is 0 Å². The molecular formula is C22H23F2N3O2. The van der Waals surface area contributed by atoms with Gasteiger partial charge in [-0.2, -0.15) is 0 Å². The van der Waals surface area contributed by atoms with E-state index in [0.717, 1.165) is 30.2 Å². The van der Waals surface area contributed by atoms with E-state index in [0.29, 0.717) is 24.9 Å². The SMILES string of the molecule is O=C1CCC(c2cccc(NC3CCCN(Cc4ccc(F)cc4F)C3=O)c2)N1. The first kappa shape index (κ1) is 19.4. The number of likely N-dealkylation sites (tertiary alicyclic amines) is 1. The summed E-state index contributed by atoms with van der Waals surface area (Å²) in [5.41, 5.74) is 2.13. The van der Waals surface area contributed by atoms with Gasteiger partial charge in [-0.25, -0.2) is 8.78 Å². The van der Waals surface area contributed by atoms with E-state index >= 15 is 0 Å². The van der Waals surface area contributed by atoms with Crippen LogP contribution in [0.1, 0.15) is 42.9 Å². The minimum Gasteiger partial charge on any atom is -0.374 e. The highest BCUT2D eigenvalue weighted by Gasteiger charge is 2.29. The van der Waals surface area contributed by atoms with Gasteiger partial charge in [0.05, 0.1) is 6.04 Å². The average Bonchev–Trinajstić information content (AvgIpc) is 3.14. The Morgan fingerprint density at radius 1 is 1.10 bits per heavy atom. The van der Waals surface area contributed by atoms with Gasteiger partial charge in [-0.15, -0.1) is 0 Å². The lowest BCUT2D eigenvalue weighted by Gasteiger charge is -2.33. The van der Waals surface area contributed by atoms with Crippen LogP contribution in [0.5, 0.6) is 0 Å². The molecule has 0 spiro atoms. The molecule has 2 unspecified atom stereocenters. The average molecular weight is 399 g/mol. The van der Waals surface area contributed by atoms with E-state index in [1.165, 1.54) is 12.1 Å². The van der Waals surface area contributed by atoms with E-state index in [1.54, 1.807) is 4.90 Å². The lowest BCUT2D eigenvalue weighted by Crippen LogP contribution is -2.47. The van der Waals surface area contributed by atoms with Gasteiger partial charge in [0.25, 0.3) is 0 Å². The molecule has 2 N–H and O–H groups in total. The summed E-state index contributed by atoms with van der Waals surface area (Å²) in [6.07, 6.45) is 2.77. The standard InChI is InChI=1S/C22H23F2N3O2/c23-16-7-6-15(18(24)12-16)13-27-10-2-5-20(22(27)29)25-17-4-1-3-14(11-17)19-8-9-21(28)26-19/h1,3-4,6-7,11-12,19-20,25H,2,5,8-10,13H2,(H,26,28). The van der Waals surface area contributed by atoms with E-state index in [2.05, 4.69) is 10.6 Å². The highest BCUT2D eigenvalue weighted by molar-refractivity contribution is 5.85. The van der Waals surface area contributed by atoms with Crippen molar-refractivity contribution in [3.63, 3.8) is 0 Å². The molecule has 2 aromatic carbocycles. The van der Waals surface area contributed by atoms with Gasteiger partial charge in [0.2, 0.25) is 11.8 Å². The molecule has 2 amide bonds. The summed E-state index contributed by atoms with van der Waals surface area (Å²) < 4.78 is 27.1. The van der Waals surface area contributed by atoms with Gasteiger partial charge in [0.15, 0.2) is 0 Å². The molecule has 2 fully saturated rings. The molecule has 2 aliphatic heterocycles. The van der Waals surface area contributed by atoms with Crippen LogP contribution in [-0.2, 0) is 16.1 Å². The number of rotatable bonds is 5. The van der Waals surface area contributed by atoms with Crippen LogP contribution < -0.4 is 10.6 Å². The minimum absolute atomic E-state index is 0.00394. The fourth-order valence-corrected chi connectivity index (χ4v) is 4.00. The fraction of sp³-hybridized carbons (Fsp3) is 0.364. The van der Waals surface area contributed by atoms with Crippen molar-refractivity contribution in [1.82, 2.24) is 10.2 Å². The molecule has 0 radical (unpaired) electrons. The zero-order chi connectivity index (χ0) is 20.4. The van der Waals surface area contributed by atoms with Crippen LogP contribution >= 0.6 is 0 Å². The Bertz CT molecular complexity index is 934. The molecule has 2 atom stereocenters. The predicted octanol–water partition coefficient (Wildman–Crippen LogP) is 3.52. The molecule has 2 saturated heterocycles. The van der Waals surface area contributed by atoms with Crippen LogP contribution in [0.25, 0.3) is 0 Å². The Hall–Kier alpha value is -2.96. The Morgan fingerprint density at radius 3 is 2.72 bits per heavy atom. The van der Waals surface area contributed by atoms with Gasteiger partial charge >= 0.3 is 0 Å². The fourth-order valence-electron chi connectivity index (χ4n) is 4.00.